The van der Waals surface area contributed by atoms with Gasteiger partial charge in [-0.15, -0.1) is 0 Å². The van der Waals surface area contributed by atoms with Crippen LogP contribution in [0.1, 0.15) is 17.2 Å². The topological polar surface area (TPSA) is 108 Å². The molecular weight excluding hydrogens is 430 g/mol. The van der Waals surface area contributed by atoms with Crippen LogP contribution in [-0.4, -0.2) is 44.4 Å². The van der Waals surface area contributed by atoms with Crippen molar-refractivity contribution in [3.8, 4) is 0 Å². The van der Waals surface area contributed by atoms with Gasteiger partial charge in [0.1, 0.15) is 11.8 Å². The van der Waals surface area contributed by atoms with Crippen LogP contribution in [-0.2, 0) is 22.7 Å². The van der Waals surface area contributed by atoms with Crippen molar-refractivity contribution in [1.29, 1.82) is 0 Å². The summed E-state index contributed by atoms with van der Waals surface area (Å²) in [5.41, 5.74) is 9.51. The molecule has 1 aliphatic rings. The normalized spacial score (nSPS) is 22.0. The maximum atomic E-state index is 10.3. The van der Waals surface area contributed by atoms with Gasteiger partial charge in [-0.25, -0.2) is 15.0 Å². The van der Waals surface area contributed by atoms with Gasteiger partial charge in [-0.05, 0) is 17.0 Å². The molecule has 3 N–H and O–H groups in total. The van der Waals surface area contributed by atoms with Gasteiger partial charge < -0.3 is 24.9 Å². The first-order valence-corrected chi connectivity index (χ1v) is 11.5. The average Bonchev–Trinajstić information content (AvgIpc) is 3.29. The molecule has 8 nitrogen and oxygen atoms in total. The number of aliphatic hydroxyl groups is 1. The molecule has 0 spiro atoms. The number of benzene rings is 2. The minimum Gasteiger partial charge on any atom is -0.396 e. The number of fused-ring (bicyclic) bond motifs is 1. The Bertz CT molecular complexity index is 1200. The number of nitrogens with two attached hydrogens (primary N) is 1. The molecule has 1 fully saturated rings. The van der Waals surface area contributed by atoms with E-state index in [0.29, 0.717) is 43.4 Å². The summed E-state index contributed by atoms with van der Waals surface area (Å²) in [6.07, 6.45) is 3.19. The highest BCUT2D eigenvalue weighted by molar-refractivity contribution is 5.81. The number of hydrogen-bond donors (Lipinski definition) is 2. The predicted octanol–water partition coefficient (Wildman–Crippen LogP) is 3.24. The average molecular weight is 460 g/mol. The minimum absolute atomic E-state index is 0.00492. The van der Waals surface area contributed by atoms with Crippen molar-refractivity contribution in [1.82, 2.24) is 19.5 Å². The summed E-state index contributed by atoms with van der Waals surface area (Å²) in [4.78, 5) is 12.9. The molecule has 1 aliphatic carbocycles. The van der Waals surface area contributed by atoms with E-state index < -0.39 is 0 Å². The molecule has 4 atom stereocenters. The van der Waals surface area contributed by atoms with Crippen molar-refractivity contribution in [3.63, 3.8) is 0 Å². The Balaban J connectivity index is 1.34. The van der Waals surface area contributed by atoms with Crippen molar-refractivity contribution >= 4 is 17.0 Å². The van der Waals surface area contributed by atoms with Gasteiger partial charge in [0.25, 0.3) is 0 Å². The van der Waals surface area contributed by atoms with E-state index in [4.69, 9.17) is 15.2 Å². The van der Waals surface area contributed by atoms with Gasteiger partial charge in [-0.2, -0.15) is 0 Å². The van der Waals surface area contributed by atoms with E-state index in [1.807, 2.05) is 41.0 Å². The van der Waals surface area contributed by atoms with Gasteiger partial charge in [0.15, 0.2) is 11.5 Å². The van der Waals surface area contributed by atoms with E-state index in [-0.39, 0.29) is 30.4 Å². The SMILES string of the molecule is Nc1ncnc2c1ncn2[C@H]1[C@H](COCc2ccccc2)[C@@H](COCc2ccccc2)[C@@H]1CO. The number of nitrogens with zero attached hydrogens (tertiary/aromatic N) is 4. The summed E-state index contributed by atoms with van der Waals surface area (Å²) in [6.45, 7) is 2.19. The van der Waals surface area contributed by atoms with Gasteiger partial charge in [-0.3, -0.25) is 0 Å². The molecule has 0 amide bonds. The van der Waals surface area contributed by atoms with E-state index in [2.05, 4.69) is 39.2 Å². The molecule has 4 aromatic rings. The summed E-state index contributed by atoms with van der Waals surface area (Å²) >= 11 is 0. The van der Waals surface area contributed by atoms with Crippen molar-refractivity contribution < 1.29 is 14.6 Å². The lowest BCUT2D eigenvalue weighted by Gasteiger charge is -2.51. The van der Waals surface area contributed by atoms with Crippen LogP contribution in [0.3, 0.4) is 0 Å². The first-order chi connectivity index (χ1) is 16.8. The highest BCUT2D eigenvalue weighted by Crippen LogP contribution is 2.50. The van der Waals surface area contributed by atoms with E-state index in [1.54, 1.807) is 6.33 Å². The Kier molecular flexibility index (Phi) is 6.80. The molecule has 0 unspecified atom stereocenters. The zero-order chi connectivity index (χ0) is 23.3. The first kappa shape index (κ1) is 22.5. The monoisotopic (exact) mass is 459 g/mol. The van der Waals surface area contributed by atoms with E-state index >= 15 is 0 Å². The Labute approximate surface area is 198 Å². The number of nitrogen functional groups attached to an aromatic ring is 1. The largest absolute Gasteiger partial charge is 0.396 e. The molecule has 2 heterocycles. The van der Waals surface area contributed by atoms with Gasteiger partial charge in [0, 0.05) is 24.5 Å². The highest BCUT2D eigenvalue weighted by Gasteiger charge is 2.51. The van der Waals surface area contributed by atoms with Gasteiger partial charge in [0.05, 0.1) is 32.8 Å². The summed E-state index contributed by atoms with van der Waals surface area (Å²) in [6, 6.07) is 20.2. The lowest BCUT2D eigenvalue weighted by molar-refractivity contribution is -0.118. The van der Waals surface area contributed by atoms with Crippen molar-refractivity contribution in [2.24, 2.45) is 17.8 Å². The zero-order valence-electron chi connectivity index (χ0n) is 18.9. The Morgan fingerprint density at radius 3 is 2.03 bits per heavy atom. The summed E-state index contributed by atoms with van der Waals surface area (Å²) < 4.78 is 14.2. The molecule has 0 aliphatic heterocycles. The molecule has 5 rings (SSSR count). The number of ether oxygens (including phenoxy) is 2. The fourth-order valence-corrected chi connectivity index (χ4v) is 4.98. The first-order valence-electron chi connectivity index (χ1n) is 11.5. The number of imidazole rings is 1. The minimum atomic E-state index is -0.0228. The lowest BCUT2D eigenvalue weighted by atomic mass is 9.61. The zero-order valence-corrected chi connectivity index (χ0v) is 18.9. The van der Waals surface area contributed by atoms with Crippen LogP contribution in [0.4, 0.5) is 5.82 Å². The molecule has 0 radical (unpaired) electrons. The fraction of sp³-hybridized carbons (Fsp3) is 0.346. The van der Waals surface area contributed by atoms with Crippen LogP contribution in [0.25, 0.3) is 11.2 Å². The quantitative estimate of drug-likeness (QED) is 0.375. The maximum Gasteiger partial charge on any atom is 0.165 e. The number of rotatable bonds is 10. The number of anilines is 1. The second-order valence-corrected chi connectivity index (χ2v) is 8.75. The van der Waals surface area contributed by atoms with E-state index in [9.17, 15) is 5.11 Å². The van der Waals surface area contributed by atoms with E-state index in [1.165, 1.54) is 6.33 Å². The van der Waals surface area contributed by atoms with Crippen molar-refractivity contribution in [3.05, 3.63) is 84.4 Å². The smallest absolute Gasteiger partial charge is 0.165 e. The van der Waals surface area contributed by atoms with Gasteiger partial charge in [-0.1, -0.05) is 60.7 Å². The van der Waals surface area contributed by atoms with Gasteiger partial charge >= 0.3 is 0 Å². The summed E-state index contributed by atoms with van der Waals surface area (Å²) in [7, 11) is 0. The van der Waals surface area contributed by atoms with Crippen LogP contribution < -0.4 is 5.73 Å². The molecular formula is C26H29N5O3. The predicted molar refractivity (Wildman–Crippen MR) is 129 cm³/mol. The molecule has 1 saturated carbocycles. The highest BCUT2D eigenvalue weighted by atomic mass is 16.5. The molecule has 8 heteroatoms. The number of aliphatic hydroxyl groups excluding tert-OH is 1. The molecule has 2 aromatic heterocycles. The van der Waals surface area contributed by atoms with Crippen LogP contribution in [0.5, 0.6) is 0 Å². The third-order valence-corrected chi connectivity index (χ3v) is 6.74. The third-order valence-electron chi connectivity index (χ3n) is 6.74. The van der Waals surface area contributed by atoms with Crippen LogP contribution in [0, 0.1) is 17.8 Å². The summed E-state index contributed by atoms with van der Waals surface area (Å²) in [5, 5.41) is 10.3. The van der Waals surface area contributed by atoms with E-state index in [0.717, 1.165) is 11.1 Å². The third kappa shape index (κ3) is 4.52. The Morgan fingerprint density at radius 1 is 0.794 bits per heavy atom. The number of aromatic nitrogens is 4. The van der Waals surface area contributed by atoms with Crippen molar-refractivity contribution in [2.75, 3.05) is 25.6 Å². The van der Waals surface area contributed by atoms with Crippen LogP contribution >= 0.6 is 0 Å². The van der Waals surface area contributed by atoms with Crippen LogP contribution in [0.2, 0.25) is 0 Å². The molecule has 0 saturated heterocycles. The number of hydrogen-bond acceptors (Lipinski definition) is 7. The molecule has 34 heavy (non-hydrogen) atoms. The van der Waals surface area contributed by atoms with Crippen molar-refractivity contribution in [2.45, 2.75) is 19.3 Å². The summed E-state index contributed by atoms with van der Waals surface area (Å²) in [5.74, 6) is 0.620. The van der Waals surface area contributed by atoms with Crippen LogP contribution in [0.15, 0.2) is 73.3 Å². The Hall–Kier alpha value is -3.33. The molecule has 176 valence electrons. The Morgan fingerprint density at radius 2 is 1.41 bits per heavy atom. The van der Waals surface area contributed by atoms with Gasteiger partial charge in [0.2, 0.25) is 0 Å². The molecule has 2 aromatic carbocycles. The second-order valence-electron chi connectivity index (χ2n) is 8.75. The maximum absolute atomic E-state index is 10.3. The second kappa shape index (κ2) is 10.3. The lowest BCUT2D eigenvalue weighted by Crippen LogP contribution is -2.53. The molecule has 0 bridgehead atoms. The standard InChI is InChI=1S/C26H29N5O3/c27-25-23-26(29-16-28-25)31(17-30-23)24-20(11-32)21(14-33-12-18-7-3-1-4-8-18)22(24)15-34-13-19-9-5-2-6-10-19/h1-10,16-17,20-22,24,32H,11-15H2,(H2,27,28,29)/t20-,21-,22+,24+/m0/s1. The fourth-order valence-electron chi connectivity index (χ4n) is 4.98.